The first-order chi connectivity index (χ1) is 7.70. The smallest absolute Gasteiger partial charge is 0.352 e. The molecule has 1 N–H and O–H groups in total. The lowest BCUT2D eigenvalue weighted by molar-refractivity contribution is 0.0685. The Balaban J connectivity index is 2.20. The zero-order chi connectivity index (χ0) is 11.5. The number of aromatic carboxylic acids is 1. The van der Waals surface area contributed by atoms with E-state index in [0.717, 1.165) is 0 Å². The molecule has 0 aliphatic heterocycles. The first-order valence-electron chi connectivity index (χ1n) is 4.90. The van der Waals surface area contributed by atoms with Crippen molar-refractivity contribution in [3.63, 3.8) is 0 Å². The van der Waals surface area contributed by atoms with Crippen LogP contribution in [0.4, 0.5) is 0 Å². The molecule has 2 aromatic rings. The van der Waals surface area contributed by atoms with Gasteiger partial charge in [0, 0.05) is 12.6 Å². The highest BCUT2D eigenvalue weighted by Crippen LogP contribution is 2.06. The molecule has 2 heterocycles. The van der Waals surface area contributed by atoms with Crippen LogP contribution in [-0.4, -0.2) is 25.8 Å². The van der Waals surface area contributed by atoms with Crippen molar-refractivity contribution in [3.05, 3.63) is 35.7 Å². The van der Waals surface area contributed by atoms with Crippen LogP contribution in [0.1, 0.15) is 29.1 Å². The van der Waals surface area contributed by atoms with E-state index in [2.05, 4.69) is 10.1 Å². The number of carboxylic acids is 1. The van der Waals surface area contributed by atoms with Crippen molar-refractivity contribution in [2.75, 3.05) is 0 Å². The molecule has 0 saturated heterocycles. The summed E-state index contributed by atoms with van der Waals surface area (Å²) < 4.78 is 6.54. The van der Waals surface area contributed by atoms with Gasteiger partial charge in [-0.3, -0.25) is 0 Å². The summed E-state index contributed by atoms with van der Waals surface area (Å²) in [7, 11) is 0. The Bertz CT molecular complexity index is 501. The number of hydrogen-bond donors (Lipinski definition) is 1. The minimum Gasteiger partial charge on any atom is -0.477 e. The van der Waals surface area contributed by atoms with E-state index in [0.29, 0.717) is 18.1 Å². The molecule has 0 saturated carbocycles. The Labute approximate surface area is 91.5 Å². The van der Waals surface area contributed by atoms with Gasteiger partial charge in [-0.25, -0.2) is 4.79 Å². The number of nitrogens with zero attached hydrogens (tertiary/aromatic N) is 3. The van der Waals surface area contributed by atoms with Crippen LogP contribution < -0.4 is 0 Å². The fraction of sp³-hybridized carbons (Fsp3) is 0.300. The second-order valence-corrected chi connectivity index (χ2v) is 3.28. The first-order valence-corrected chi connectivity index (χ1v) is 4.90. The Hall–Kier alpha value is -2.11. The molecule has 0 fully saturated rings. The van der Waals surface area contributed by atoms with Gasteiger partial charge in [-0.1, -0.05) is 12.1 Å². The van der Waals surface area contributed by atoms with E-state index in [9.17, 15) is 4.79 Å². The maximum Gasteiger partial charge on any atom is 0.352 e. The third-order valence-corrected chi connectivity index (χ3v) is 2.18. The van der Waals surface area contributed by atoms with Gasteiger partial charge in [0.05, 0.1) is 0 Å². The molecule has 0 radical (unpaired) electrons. The molecule has 0 spiro atoms. The van der Waals surface area contributed by atoms with E-state index in [1.54, 1.807) is 16.8 Å². The van der Waals surface area contributed by atoms with Crippen molar-refractivity contribution in [2.24, 2.45) is 0 Å². The normalized spacial score (nSPS) is 10.6. The number of carbonyl (C=O) groups is 1. The van der Waals surface area contributed by atoms with Crippen LogP contribution in [0, 0.1) is 0 Å². The average molecular weight is 221 g/mol. The number of aromatic nitrogens is 3. The maximum atomic E-state index is 10.8. The van der Waals surface area contributed by atoms with Crippen molar-refractivity contribution in [1.82, 2.24) is 14.7 Å². The van der Waals surface area contributed by atoms with Crippen LogP contribution in [0.15, 0.2) is 22.9 Å². The number of carboxylic acid groups (broad SMARTS) is 1. The Morgan fingerprint density at radius 1 is 1.62 bits per heavy atom. The minimum atomic E-state index is -0.972. The summed E-state index contributed by atoms with van der Waals surface area (Å²) in [5.41, 5.74) is 0.205. The lowest BCUT2D eigenvalue weighted by atomic mass is 10.4. The second kappa shape index (κ2) is 4.18. The monoisotopic (exact) mass is 221 g/mol. The molecule has 84 valence electrons. The first kappa shape index (κ1) is 10.4. The van der Waals surface area contributed by atoms with Crippen molar-refractivity contribution in [2.45, 2.75) is 19.9 Å². The van der Waals surface area contributed by atoms with Gasteiger partial charge in [-0.15, -0.1) is 0 Å². The predicted molar refractivity (Wildman–Crippen MR) is 54.2 cm³/mol. The fourth-order valence-corrected chi connectivity index (χ4v) is 1.39. The van der Waals surface area contributed by atoms with Gasteiger partial charge in [0.1, 0.15) is 12.2 Å². The molecule has 0 bridgehead atoms. The largest absolute Gasteiger partial charge is 0.477 e. The highest BCUT2D eigenvalue weighted by Gasteiger charge is 2.11. The van der Waals surface area contributed by atoms with Gasteiger partial charge in [0.2, 0.25) is 5.89 Å². The maximum absolute atomic E-state index is 10.8. The molecular formula is C10H11N3O3. The van der Waals surface area contributed by atoms with Gasteiger partial charge in [-0.05, 0) is 12.1 Å². The van der Waals surface area contributed by atoms with Crippen LogP contribution in [0.2, 0.25) is 0 Å². The summed E-state index contributed by atoms with van der Waals surface area (Å²) in [6.45, 7) is 2.20. The van der Waals surface area contributed by atoms with E-state index < -0.39 is 5.97 Å². The number of rotatable bonds is 4. The Morgan fingerprint density at radius 3 is 3.06 bits per heavy atom. The van der Waals surface area contributed by atoms with Crippen LogP contribution in [-0.2, 0) is 13.0 Å². The second-order valence-electron chi connectivity index (χ2n) is 3.28. The Kier molecular flexibility index (Phi) is 2.72. The molecule has 2 aromatic heterocycles. The summed E-state index contributed by atoms with van der Waals surface area (Å²) in [6, 6.07) is 3.19. The van der Waals surface area contributed by atoms with E-state index >= 15 is 0 Å². The third-order valence-electron chi connectivity index (χ3n) is 2.18. The molecule has 0 atom stereocenters. The van der Waals surface area contributed by atoms with Crippen molar-refractivity contribution in [1.29, 1.82) is 0 Å². The Morgan fingerprint density at radius 2 is 2.44 bits per heavy atom. The molecule has 0 aliphatic rings. The summed E-state index contributed by atoms with van der Waals surface area (Å²) in [5.74, 6) is 0.0646. The quantitative estimate of drug-likeness (QED) is 0.838. The van der Waals surface area contributed by atoms with Gasteiger partial charge >= 0.3 is 5.97 Å². The molecule has 16 heavy (non-hydrogen) atoms. The van der Waals surface area contributed by atoms with E-state index in [1.165, 1.54) is 6.07 Å². The lowest BCUT2D eigenvalue weighted by Gasteiger charge is -2.01. The average Bonchev–Trinajstić information content (AvgIpc) is 2.87. The van der Waals surface area contributed by atoms with E-state index in [1.807, 2.05) is 6.92 Å². The summed E-state index contributed by atoms with van der Waals surface area (Å²) in [6.07, 6.45) is 2.36. The summed E-state index contributed by atoms with van der Waals surface area (Å²) >= 11 is 0. The molecule has 6 nitrogen and oxygen atoms in total. The van der Waals surface area contributed by atoms with Crippen molar-refractivity contribution < 1.29 is 14.4 Å². The number of aryl methyl sites for hydroxylation is 1. The molecule has 0 amide bonds. The highest BCUT2D eigenvalue weighted by molar-refractivity contribution is 5.85. The van der Waals surface area contributed by atoms with Gasteiger partial charge < -0.3 is 14.2 Å². The van der Waals surface area contributed by atoms with Gasteiger partial charge in [0.15, 0.2) is 5.82 Å². The standard InChI is InChI=1S/C10H11N3O3/c1-2-8-11-9(16-12-8)6-13-5-3-4-7(13)10(14)15/h3-5H,2,6H2,1H3,(H,14,15). The van der Waals surface area contributed by atoms with Crippen LogP contribution in [0.3, 0.4) is 0 Å². The van der Waals surface area contributed by atoms with Crippen LogP contribution in [0.25, 0.3) is 0 Å². The van der Waals surface area contributed by atoms with Crippen molar-refractivity contribution >= 4 is 5.97 Å². The van der Waals surface area contributed by atoms with Gasteiger partial charge in [0.25, 0.3) is 0 Å². The fourth-order valence-electron chi connectivity index (χ4n) is 1.39. The zero-order valence-corrected chi connectivity index (χ0v) is 8.75. The van der Waals surface area contributed by atoms with Crippen LogP contribution in [0.5, 0.6) is 0 Å². The van der Waals surface area contributed by atoms with E-state index in [4.69, 9.17) is 9.63 Å². The van der Waals surface area contributed by atoms with Gasteiger partial charge in [-0.2, -0.15) is 4.98 Å². The van der Waals surface area contributed by atoms with Crippen molar-refractivity contribution in [3.8, 4) is 0 Å². The topological polar surface area (TPSA) is 81.2 Å². The SMILES string of the molecule is CCc1noc(Cn2cccc2C(=O)O)n1. The third kappa shape index (κ3) is 1.95. The number of hydrogen-bond acceptors (Lipinski definition) is 4. The molecular weight excluding hydrogens is 210 g/mol. The molecule has 0 aromatic carbocycles. The van der Waals surface area contributed by atoms with E-state index in [-0.39, 0.29) is 12.2 Å². The summed E-state index contributed by atoms with van der Waals surface area (Å²) in [5, 5.41) is 12.6. The predicted octanol–water partition coefficient (Wildman–Crippen LogP) is 1.18. The summed E-state index contributed by atoms with van der Waals surface area (Å²) in [4.78, 5) is 15.0. The zero-order valence-electron chi connectivity index (χ0n) is 8.75. The lowest BCUT2D eigenvalue weighted by Crippen LogP contribution is -2.08. The molecule has 6 heteroatoms. The molecule has 0 aliphatic carbocycles. The molecule has 2 rings (SSSR count). The highest BCUT2D eigenvalue weighted by atomic mass is 16.5. The minimum absolute atomic E-state index is 0.205. The van der Waals surface area contributed by atoms with Crippen LogP contribution >= 0.6 is 0 Å². The molecule has 0 unspecified atom stereocenters.